The fraction of sp³-hybridized carbons (Fsp3) is 0.471. The van der Waals surface area contributed by atoms with E-state index < -0.39 is 42.1 Å². The standard InChI is InChI=1S/C17H19F2NO5/c1-2-24-17(23)14-5-3-4-6-20(14)15(21)10-25-16(22)11-7-12(18)9-13(19)8-11/h7-9,14H,2-6,10H2,1H3. The molecule has 0 aromatic heterocycles. The molecule has 8 heteroatoms. The molecule has 1 atom stereocenters. The van der Waals surface area contributed by atoms with Gasteiger partial charge in [0.2, 0.25) is 0 Å². The Balaban J connectivity index is 1.97. The summed E-state index contributed by atoms with van der Waals surface area (Å²) in [6, 6.07) is 1.56. The first-order chi connectivity index (χ1) is 11.9. The van der Waals surface area contributed by atoms with Crippen molar-refractivity contribution in [3.63, 3.8) is 0 Å². The van der Waals surface area contributed by atoms with Crippen molar-refractivity contribution >= 4 is 17.8 Å². The first-order valence-electron chi connectivity index (χ1n) is 8.01. The number of rotatable bonds is 5. The second kappa shape index (κ2) is 8.55. The molecule has 0 N–H and O–H groups in total. The predicted molar refractivity (Wildman–Crippen MR) is 82.6 cm³/mol. The van der Waals surface area contributed by atoms with Crippen LogP contribution in [0.5, 0.6) is 0 Å². The molecule has 0 spiro atoms. The number of benzene rings is 1. The van der Waals surface area contributed by atoms with E-state index in [1.165, 1.54) is 4.90 Å². The van der Waals surface area contributed by atoms with Gasteiger partial charge >= 0.3 is 11.9 Å². The van der Waals surface area contributed by atoms with Crippen LogP contribution in [0.4, 0.5) is 8.78 Å². The molecule has 1 fully saturated rings. The highest BCUT2D eigenvalue weighted by Crippen LogP contribution is 2.19. The van der Waals surface area contributed by atoms with Crippen molar-refractivity contribution in [1.29, 1.82) is 0 Å². The average molecular weight is 355 g/mol. The molecule has 1 heterocycles. The van der Waals surface area contributed by atoms with Crippen LogP contribution in [0.3, 0.4) is 0 Å². The van der Waals surface area contributed by atoms with Crippen molar-refractivity contribution in [3.8, 4) is 0 Å². The fourth-order valence-electron chi connectivity index (χ4n) is 2.68. The van der Waals surface area contributed by atoms with Crippen LogP contribution >= 0.6 is 0 Å². The lowest BCUT2D eigenvalue weighted by molar-refractivity contribution is -0.157. The molecule has 1 aliphatic rings. The number of esters is 2. The Kier molecular flexibility index (Phi) is 6.44. The highest BCUT2D eigenvalue weighted by Gasteiger charge is 2.33. The topological polar surface area (TPSA) is 72.9 Å². The van der Waals surface area contributed by atoms with Crippen molar-refractivity contribution < 1.29 is 32.6 Å². The maximum Gasteiger partial charge on any atom is 0.338 e. The summed E-state index contributed by atoms with van der Waals surface area (Å²) in [7, 11) is 0. The Bertz CT molecular complexity index is 644. The van der Waals surface area contributed by atoms with E-state index in [-0.39, 0.29) is 12.2 Å². The first-order valence-corrected chi connectivity index (χ1v) is 8.01. The van der Waals surface area contributed by atoms with Gasteiger partial charge in [-0.25, -0.2) is 18.4 Å². The Hall–Kier alpha value is -2.51. The lowest BCUT2D eigenvalue weighted by Gasteiger charge is -2.33. The summed E-state index contributed by atoms with van der Waals surface area (Å²) in [5.41, 5.74) is -0.328. The Labute approximate surface area is 143 Å². The molecule has 1 aliphatic heterocycles. The number of piperidine rings is 1. The monoisotopic (exact) mass is 355 g/mol. The third-order valence-electron chi connectivity index (χ3n) is 3.81. The van der Waals surface area contributed by atoms with Gasteiger partial charge in [0.15, 0.2) is 6.61 Å². The number of ether oxygens (including phenoxy) is 2. The van der Waals surface area contributed by atoms with Gasteiger partial charge in [0.1, 0.15) is 17.7 Å². The molecular formula is C17H19F2NO5. The third kappa shape index (κ3) is 4.98. The van der Waals surface area contributed by atoms with Crippen molar-refractivity contribution in [1.82, 2.24) is 4.90 Å². The van der Waals surface area contributed by atoms with Gasteiger partial charge in [0.25, 0.3) is 5.91 Å². The number of halogens is 2. The zero-order chi connectivity index (χ0) is 18.4. The summed E-state index contributed by atoms with van der Waals surface area (Å²) in [6.07, 6.45) is 1.99. The molecular weight excluding hydrogens is 336 g/mol. The summed E-state index contributed by atoms with van der Waals surface area (Å²) in [6.45, 7) is 1.62. The highest BCUT2D eigenvalue weighted by atomic mass is 19.1. The Morgan fingerprint density at radius 1 is 1.12 bits per heavy atom. The van der Waals surface area contributed by atoms with Crippen molar-refractivity contribution in [2.75, 3.05) is 19.8 Å². The zero-order valence-electron chi connectivity index (χ0n) is 13.8. The molecule has 1 saturated heterocycles. The molecule has 0 radical (unpaired) electrons. The molecule has 0 saturated carbocycles. The van der Waals surface area contributed by atoms with Crippen LogP contribution in [0.15, 0.2) is 18.2 Å². The Morgan fingerprint density at radius 2 is 1.80 bits per heavy atom. The van der Waals surface area contributed by atoms with Crippen LogP contribution in [-0.4, -0.2) is 48.5 Å². The lowest BCUT2D eigenvalue weighted by atomic mass is 10.0. The Morgan fingerprint density at radius 3 is 2.44 bits per heavy atom. The van der Waals surface area contributed by atoms with Gasteiger partial charge in [-0.2, -0.15) is 0 Å². The van der Waals surface area contributed by atoms with E-state index in [9.17, 15) is 23.2 Å². The van der Waals surface area contributed by atoms with Crippen molar-refractivity contribution in [2.24, 2.45) is 0 Å². The van der Waals surface area contributed by atoms with E-state index in [2.05, 4.69) is 0 Å². The third-order valence-corrected chi connectivity index (χ3v) is 3.81. The maximum atomic E-state index is 13.1. The molecule has 2 rings (SSSR count). The van der Waals surface area contributed by atoms with Crippen molar-refractivity contribution in [2.45, 2.75) is 32.2 Å². The summed E-state index contributed by atoms with van der Waals surface area (Å²) >= 11 is 0. The molecule has 25 heavy (non-hydrogen) atoms. The van der Waals surface area contributed by atoms with Crippen LogP contribution < -0.4 is 0 Å². The minimum absolute atomic E-state index is 0.206. The van der Waals surface area contributed by atoms with Crippen molar-refractivity contribution in [3.05, 3.63) is 35.4 Å². The van der Waals surface area contributed by atoms with Gasteiger partial charge in [-0.05, 0) is 38.3 Å². The molecule has 1 aromatic rings. The van der Waals surface area contributed by atoms with Gasteiger partial charge in [0.05, 0.1) is 12.2 Å². The maximum absolute atomic E-state index is 13.1. The smallest absolute Gasteiger partial charge is 0.338 e. The molecule has 1 unspecified atom stereocenters. The number of carbonyl (C=O) groups is 3. The summed E-state index contributed by atoms with van der Waals surface area (Å²) in [5.74, 6) is -3.90. The first kappa shape index (κ1) is 18.8. The van der Waals surface area contributed by atoms with Crippen LogP contribution in [0.1, 0.15) is 36.5 Å². The summed E-state index contributed by atoms with van der Waals surface area (Å²) in [5, 5.41) is 0. The number of hydrogen-bond acceptors (Lipinski definition) is 5. The second-order valence-electron chi connectivity index (χ2n) is 5.59. The SMILES string of the molecule is CCOC(=O)C1CCCCN1C(=O)COC(=O)c1cc(F)cc(F)c1. The zero-order valence-corrected chi connectivity index (χ0v) is 13.8. The van der Waals surface area contributed by atoms with Gasteiger partial charge in [0, 0.05) is 12.6 Å². The lowest BCUT2D eigenvalue weighted by Crippen LogP contribution is -2.50. The molecule has 0 aliphatic carbocycles. The van der Waals surface area contributed by atoms with Gasteiger partial charge < -0.3 is 14.4 Å². The van der Waals surface area contributed by atoms with Gasteiger partial charge in [-0.3, -0.25) is 4.79 Å². The highest BCUT2D eigenvalue weighted by molar-refractivity contribution is 5.92. The number of amides is 1. The van der Waals surface area contributed by atoms with E-state index in [4.69, 9.17) is 9.47 Å². The second-order valence-corrected chi connectivity index (χ2v) is 5.59. The quantitative estimate of drug-likeness (QED) is 0.756. The van der Waals surface area contributed by atoms with Crippen LogP contribution in [0, 0.1) is 11.6 Å². The molecule has 0 bridgehead atoms. The average Bonchev–Trinajstić information content (AvgIpc) is 2.58. The van der Waals surface area contributed by atoms with E-state index in [1.54, 1.807) is 6.92 Å². The predicted octanol–water partition coefficient (Wildman–Crippen LogP) is 2.07. The van der Waals surface area contributed by atoms with Crippen LogP contribution in [-0.2, 0) is 19.1 Å². The minimum Gasteiger partial charge on any atom is -0.464 e. The van der Waals surface area contributed by atoms with E-state index in [1.807, 2.05) is 0 Å². The molecule has 1 amide bonds. The molecule has 136 valence electrons. The van der Waals surface area contributed by atoms with E-state index in [0.717, 1.165) is 25.0 Å². The fourth-order valence-corrected chi connectivity index (χ4v) is 2.68. The normalized spacial score (nSPS) is 17.1. The molecule has 6 nitrogen and oxygen atoms in total. The van der Waals surface area contributed by atoms with Crippen LogP contribution in [0.2, 0.25) is 0 Å². The van der Waals surface area contributed by atoms with Gasteiger partial charge in [-0.1, -0.05) is 0 Å². The van der Waals surface area contributed by atoms with Gasteiger partial charge in [-0.15, -0.1) is 0 Å². The van der Waals surface area contributed by atoms with Crippen LogP contribution in [0.25, 0.3) is 0 Å². The van der Waals surface area contributed by atoms with E-state index in [0.29, 0.717) is 19.0 Å². The minimum atomic E-state index is -1.02. The largest absolute Gasteiger partial charge is 0.464 e. The van der Waals surface area contributed by atoms with E-state index >= 15 is 0 Å². The number of hydrogen-bond donors (Lipinski definition) is 0. The summed E-state index contributed by atoms with van der Waals surface area (Å²) < 4.78 is 36.0. The summed E-state index contributed by atoms with van der Waals surface area (Å²) in [4.78, 5) is 37.4. The number of carbonyl (C=O) groups excluding carboxylic acids is 3. The number of nitrogens with zero attached hydrogens (tertiary/aromatic N) is 1. The molecule has 1 aromatic carbocycles. The number of likely N-dealkylation sites (tertiary alicyclic amines) is 1.